The summed E-state index contributed by atoms with van der Waals surface area (Å²) >= 11 is 0. The molecule has 0 bridgehead atoms. The Balaban J connectivity index is 2.70. The van der Waals surface area contributed by atoms with E-state index in [0.29, 0.717) is 12.8 Å². The van der Waals surface area contributed by atoms with Crippen LogP contribution in [0, 0.1) is 0 Å². The number of carbonyl (C=O) groups excluding carboxylic acids is 1. The molecular formula is C22H29NO2. The van der Waals surface area contributed by atoms with Crippen molar-refractivity contribution in [1.29, 1.82) is 0 Å². The van der Waals surface area contributed by atoms with Crippen LogP contribution in [-0.2, 0) is 10.2 Å². The molecule has 2 atom stereocenters. The maximum absolute atomic E-state index is 13.3. The van der Waals surface area contributed by atoms with Crippen LogP contribution in [0.3, 0.4) is 0 Å². The van der Waals surface area contributed by atoms with E-state index in [1.165, 1.54) is 0 Å². The second-order valence-electron chi connectivity index (χ2n) is 6.89. The van der Waals surface area contributed by atoms with E-state index in [0.717, 1.165) is 11.1 Å². The van der Waals surface area contributed by atoms with Crippen LogP contribution in [0.4, 0.5) is 0 Å². The smallest absolute Gasteiger partial charge is 0.147 e. The molecule has 0 saturated heterocycles. The van der Waals surface area contributed by atoms with Gasteiger partial charge in [0.2, 0.25) is 0 Å². The first kappa shape index (κ1) is 19.4. The molecule has 0 amide bonds. The van der Waals surface area contributed by atoms with Gasteiger partial charge in [0, 0.05) is 12.5 Å². The van der Waals surface area contributed by atoms with E-state index in [-0.39, 0.29) is 11.8 Å². The summed E-state index contributed by atoms with van der Waals surface area (Å²) in [5.74, 6) is 0.178. The zero-order valence-corrected chi connectivity index (χ0v) is 15.6. The Bertz CT molecular complexity index is 617. The lowest BCUT2D eigenvalue weighted by atomic mass is 9.66. The minimum atomic E-state index is -0.761. The quantitative estimate of drug-likeness (QED) is 0.798. The Morgan fingerprint density at radius 2 is 1.44 bits per heavy atom. The summed E-state index contributed by atoms with van der Waals surface area (Å²) in [7, 11) is 3.91. The van der Waals surface area contributed by atoms with Gasteiger partial charge in [-0.1, -0.05) is 67.6 Å². The summed E-state index contributed by atoms with van der Waals surface area (Å²) in [6.45, 7) is 3.71. The average Bonchev–Trinajstić information content (AvgIpc) is 2.63. The Morgan fingerprint density at radius 1 is 1.00 bits per heavy atom. The largest absolute Gasteiger partial charge is 0.392 e. The Hall–Kier alpha value is -1.97. The average molecular weight is 339 g/mol. The summed E-state index contributed by atoms with van der Waals surface area (Å²) in [4.78, 5) is 15.3. The number of aliphatic hydroxyl groups excluding tert-OH is 1. The molecule has 0 aliphatic carbocycles. The summed E-state index contributed by atoms with van der Waals surface area (Å²) in [6.07, 6.45) is 0.453. The predicted molar refractivity (Wildman–Crippen MR) is 103 cm³/mol. The fourth-order valence-electron chi connectivity index (χ4n) is 3.68. The molecule has 0 saturated carbocycles. The van der Waals surface area contributed by atoms with E-state index in [1.807, 2.05) is 86.6 Å². The fourth-order valence-corrected chi connectivity index (χ4v) is 3.68. The first-order valence-corrected chi connectivity index (χ1v) is 8.92. The highest BCUT2D eigenvalue weighted by Crippen LogP contribution is 2.40. The molecule has 0 heterocycles. The van der Waals surface area contributed by atoms with E-state index in [4.69, 9.17) is 0 Å². The maximum Gasteiger partial charge on any atom is 0.147 e. The van der Waals surface area contributed by atoms with Crippen LogP contribution in [0.25, 0.3) is 0 Å². The molecule has 0 aliphatic rings. The number of hydrogen-bond donors (Lipinski definition) is 1. The van der Waals surface area contributed by atoms with Crippen molar-refractivity contribution in [2.24, 2.45) is 0 Å². The third kappa shape index (κ3) is 4.00. The van der Waals surface area contributed by atoms with Gasteiger partial charge in [0.15, 0.2) is 0 Å². The zero-order chi connectivity index (χ0) is 18.4. The van der Waals surface area contributed by atoms with Crippen molar-refractivity contribution < 1.29 is 9.90 Å². The standard InChI is InChI=1S/C22H29NO2/c1-5-21(25)22(18-12-8-6-9-13-18,19-14-10-7-11-15-19)16-20(17(2)24)23(3)4/h6-15,17,20,24H,5,16H2,1-4H3/t17?,20-/m1/s1. The number of hydrogen-bond acceptors (Lipinski definition) is 3. The van der Waals surface area contributed by atoms with Crippen LogP contribution >= 0.6 is 0 Å². The molecule has 2 aromatic carbocycles. The van der Waals surface area contributed by atoms with E-state index >= 15 is 0 Å². The van der Waals surface area contributed by atoms with Gasteiger partial charge in [0.05, 0.1) is 11.5 Å². The van der Waals surface area contributed by atoms with Crippen molar-refractivity contribution >= 4 is 5.78 Å². The molecule has 1 unspecified atom stereocenters. The second kappa shape index (κ2) is 8.41. The van der Waals surface area contributed by atoms with Crippen LogP contribution in [0.5, 0.6) is 0 Å². The van der Waals surface area contributed by atoms with Gasteiger partial charge in [-0.3, -0.25) is 4.79 Å². The van der Waals surface area contributed by atoms with Gasteiger partial charge in [-0.2, -0.15) is 0 Å². The van der Waals surface area contributed by atoms with Crippen LogP contribution in [0.1, 0.15) is 37.8 Å². The van der Waals surface area contributed by atoms with E-state index in [9.17, 15) is 9.90 Å². The van der Waals surface area contributed by atoms with Crippen LogP contribution in [-0.4, -0.2) is 42.0 Å². The molecule has 1 N–H and O–H groups in total. The second-order valence-corrected chi connectivity index (χ2v) is 6.89. The lowest BCUT2D eigenvalue weighted by Gasteiger charge is -2.39. The zero-order valence-electron chi connectivity index (χ0n) is 15.6. The molecule has 2 aromatic rings. The van der Waals surface area contributed by atoms with Gasteiger partial charge in [-0.25, -0.2) is 0 Å². The third-order valence-corrected chi connectivity index (χ3v) is 5.07. The molecule has 134 valence electrons. The van der Waals surface area contributed by atoms with Crippen LogP contribution < -0.4 is 0 Å². The highest BCUT2D eigenvalue weighted by atomic mass is 16.3. The SMILES string of the molecule is CCC(=O)C(C[C@H](C(C)O)N(C)C)(c1ccccc1)c1ccccc1. The van der Waals surface area contributed by atoms with Crippen LogP contribution in [0.2, 0.25) is 0 Å². The minimum Gasteiger partial charge on any atom is -0.392 e. The van der Waals surface area contributed by atoms with E-state index in [1.54, 1.807) is 6.92 Å². The fraction of sp³-hybridized carbons (Fsp3) is 0.409. The monoisotopic (exact) mass is 339 g/mol. The van der Waals surface area contributed by atoms with Crippen molar-refractivity contribution in [2.45, 2.75) is 44.2 Å². The summed E-state index contributed by atoms with van der Waals surface area (Å²) in [5.41, 5.74) is 1.21. The molecule has 25 heavy (non-hydrogen) atoms. The molecule has 0 aliphatic heterocycles. The Labute approximate surface area is 151 Å². The number of likely N-dealkylation sites (N-methyl/N-ethyl adjacent to an activating group) is 1. The Morgan fingerprint density at radius 3 is 1.76 bits per heavy atom. The lowest BCUT2D eigenvalue weighted by molar-refractivity contribution is -0.123. The van der Waals surface area contributed by atoms with Crippen molar-refractivity contribution in [3.8, 4) is 0 Å². The molecule has 0 aromatic heterocycles. The van der Waals surface area contributed by atoms with Gasteiger partial charge in [-0.05, 0) is 38.6 Å². The molecule has 3 heteroatoms. The molecule has 3 nitrogen and oxygen atoms in total. The summed E-state index contributed by atoms with van der Waals surface area (Å²) < 4.78 is 0. The topological polar surface area (TPSA) is 40.5 Å². The van der Waals surface area contributed by atoms with Gasteiger partial charge in [0.25, 0.3) is 0 Å². The number of ketones is 1. The molecule has 0 spiro atoms. The van der Waals surface area contributed by atoms with E-state index < -0.39 is 11.5 Å². The normalized spacial score (nSPS) is 14.3. The molecule has 0 fully saturated rings. The van der Waals surface area contributed by atoms with Crippen molar-refractivity contribution in [1.82, 2.24) is 4.90 Å². The van der Waals surface area contributed by atoms with Gasteiger partial charge in [-0.15, -0.1) is 0 Å². The molecule has 0 radical (unpaired) electrons. The highest BCUT2D eigenvalue weighted by molar-refractivity contribution is 5.93. The van der Waals surface area contributed by atoms with Crippen molar-refractivity contribution in [3.05, 3.63) is 71.8 Å². The van der Waals surface area contributed by atoms with Crippen molar-refractivity contribution in [3.63, 3.8) is 0 Å². The maximum atomic E-state index is 13.3. The number of Topliss-reactive ketones (excluding diaryl/α,β-unsaturated/α-hetero) is 1. The van der Waals surface area contributed by atoms with Gasteiger partial charge in [0.1, 0.15) is 5.78 Å². The van der Waals surface area contributed by atoms with Crippen molar-refractivity contribution in [2.75, 3.05) is 14.1 Å². The highest BCUT2D eigenvalue weighted by Gasteiger charge is 2.43. The first-order chi connectivity index (χ1) is 11.9. The number of aliphatic hydroxyl groups is 1. The minimum absolute atomic E-state index is 0.129. The number of benzene rings is 2. The van der Waals surface area contributed by atoms with Crippen LogP contribution in [0.15, 0.2) is 60.7 Å². The Kier molecular flexibility index (Phi) is 6.51. The summed E-state index contributed by atoms with van der Waals surface area (Å²) in [5, 5.41) is 10.3. The number of rotatable bonds is 8. The lowest BCUT2D eigenvalue weighted by Crippen LogP contribution is -2.47. The number of nitrogens with zero attached hydrogens (tertiary/aromatic N) is 1. The summed E-state index contributed by atoms with van der Waals surface area (Å²) in [6, 6.07) is 19.8. The van der Waals surface area contributed by atoms with E-state index in [2.05, 4.69) is 0 Å². The van der Waals surface area contributed by atoms with Gasteiger partial charge >= 0.3 is 0 Å². The molecular weight excluding hydrogens is 310 g/mol. The van der Waals surface area contributed by atoms with Gasteiger partial charge < -0.3 is 10.0 Å². The molecule has 2 rings (SSSR count). The number of carbonyl (C=O) groups is 1. The predicted octanol–water partition coefficient (Wildman–Crippen LogP) is 3.65. The third-order valence-electron chi connectivity index (χ3n) is 5.07. The first-order valence-electron chi connectivity index (χ1n) is 8.92.